The molecule has 5 heteroatoms. The molecule has 0 saturated carbocycles. The van der Waals surface area contributed by atoms with E-state index in [0.29, 0.717) is 17.6 Å². The highest BCUT2D eigenvalue weighted by Crippen LogP contribution is 2.18. The Morgan fingerprint density at radius 3 is 3.07 bits per heavy atom. The molecule has 2 aromatic rings. The first-order valence-electron chi connectivity index (χ1n) is 4.48. The monoisotopic (exact) mass is 206 g/mol. The summed E-state index contributed by atoms with van der Waals surface area (Å²) in [4.78, 5) is 25.5. The van der Waals surface area contributed by atoms with Crippen LogP contribution in [0.5, 0.6) is 0 Å². The van der Waals surface area contributed by atoms with Crippen LogP contribution in [0.1, 0.15) is 0 Å². The summed E-state index contributed by atoms with van der Waals surface area (Å²) in [5.74, 6) is -0.472. The standard InChI is InChI=1S/C10H10N2O3/c1-12(4-5-13)7-2-3-8-9(6-7)15-10(14)11-8/h2-3,5-6H,4H2,1H3,(H,11,14). The molecule has 0 amide bonds. The number of nitrogens with zero attached hydrogens (tertiary/aromatic N) is 1. The predicted molar refractivity (Wildman–Crippen MR) is 56.2 cm³/mol. The van der Waals surface area contributed by atoms with Crippen LogP contribution < -0.4 is 10.7 Å². The minimum atomic E-state index is -0.472. The van der Waals surface area contributed by atoms with Gasteiger partial charge in [0.25, 0.3) is 0 Å². The Balaban J connectivity index is 2.45. The van der Waals surface area contributed by atoms with Gasteiger partial charge in [-0.15, -0.1) is 0 Å². The summed E-state index contributed by atoms with van der Waals surface area (Å²) in [6.07, 6.45) is 0.817. The lowest BCUT2D eigenvalue weighted by Gasteiger charge is -2.15. The third-order valence-electron chi connectivity index (χ3n) is 2.19. The minimum absolute atomic E-state index is 0.306. The number of rotatable bonds is 3. The molecule has 78 valence electrons. The predicted octanol–water partition coefficient (Wildman–Crippen LogP) is 0.756. The summed E-state index contributed by atoms with van der Waals surface area (Å²) in [7, 11) is 1.79. The maximum atomic E-state index is 10.9. The second-order valence-corrected chi connectivity index (χ2v) is 3.24. The van der Waals surface area contributed by atoms with E-state index in [1.165, 1.54) is 0 Å². The number of aromatic amines is 1. The number of fused-ring (bicyclic) bond motifs is 1. The average molecular weight is 206 g/mol. The molecular formula is C10H10N2O3. The number of anilines is 1. The lowest BCUT2D eigenvalue weighted by Crippen LogP contribution is -2.18. The maximum Gasteiger partial charge on any atom is 0.417 e. The highest BCUT2D eigenvalue weighted by atomic mass is 16.4. The van der Waals surface area contributed by atoms with Crippen LogP contribution >= 0.6 is 0 Å². The Morgan fingerprint density at radius 2 is 2.33 bits per heavy atom. The van der Waals surface area contributed by atoms with Crippen LogP contribution in [0.3, 0.4) is 0 Å². The Labute approximate surface area is 85.3 Å². The molecule has 0 unspecified atom stereocenters. The SMILES string of the molecule is CN(CC=O)c1ccc2[nH]c(=O)oc2c1. The molecule has 1 aromatic heterocycles. The van der Waals surface area contributed by atoms with E-state index < -0.39 is 5.76 Å². The molecule has 1 heterocycles. The van der Waals surface area contributed by atoms with Crippen molar-refractivity contribution in [1.29, 1.82) is 0 Å². The molecule has 0 spiro atoms. The zero-order valence-corrected chi connectivity index (χ0v) is 8.19. The number of oxazole rings is 1. The van der Waals surface area contributed by atoms with Crippen molar-refractivity contribution in [2.45, 2.75) is 0 Å². The molecule has 1 aromatic carbocycles. The molecular weight excluding hydrogens is 196 g/mol. The number of H-pyrrole nitrogens is 1. The Bertz CT molecular complexity index is 541. The van der Waals surface area contributed by atoms with Gasteiger partial charge >= 0.3 is 5.76 Å². The van der Waals surface area contributed by atoms with Crippen LogP contribution in [0.25, 0.3) is 11.1 Å². The van der Waals surface area contributed by atoms with Crippen molar-refractivity contribution >= 4 is 23.1 Å². The largest absolute Gasteiger partial charge is 0.417 e. The van der Waals surface area contributed by atoms with Crippen molar-refractivity contribution in [2.24, 2.45) is 0 Å². The number of aldehydes is 1. The zero-order valence-electron chi connectivity index (χ0n) is 8.19. The molecule has 2 rings (SSSR count). The number of likely N-dealkylation sites (N-methyl/N-ethyl adjacent to an activating group) is 1. The fourth-order valence-electron chi connectivity index (χ4n) is 1.39. The van der Waals surface area contributed by atoms with Gasteiger partial charge in [0.1, 0.15) is 6.29 Å². The van der Waals surface area contributed by atoms with E-state index in [1.807, 2.05) is 6.07 Å². The number of aromatic nitrogens is 1. The zero-order chi connectivity index (χ0) is 10.8. The third kappa shape index (κ3) is 1.76. The number of carbonyl (C=O) groups is 1. The molecule has 0 bridgehead atoms. The fourth-order valence-corrected chi connectivity index (χ4v) is 1.39. The van der Waals surface area contributed by atoms with Gasteiger partial charge < -0.3 is 14.1 Å². The van der Waals surface area contributed by atoms with Crippen molar-refractivity contribution in [2.75, 3.05) is 18.5 Å². The molecule has 0 radical (unpaired) electrons. The van der Waals surface area contributed by atoms with E-state index in [9.17, 15) is 9.59 Å². The van der Waals surface area contributed by atoms with E-state index >= 15 is 0 Å². The molecule has 0 aliphatic carbocycles. The molecule has 0 atom stereocenters. The molecule has 5 nitrogen and oxygen atoms in total. The number of hydrogen-bond acceptors (Lipinski definition) is 4. The van der Waals surface area contributed by atoms with Crippen molar-refractivity contribution < 1.29 is 9.21 Å². The van der Waals surface area contributed by atoms with Gasteiger partial charge in [-0.25, -0.2) is 4.79 Å². The van der Waals surface area contributed by atoms with Crippen LogP contribution in [-0.4, -0.2) is 24.9 Å². The van der Waals surface area contributed by atoms with Crippen LogP contribution in [0, 0.1) is 0 Å². The van der Waals surface area contributed by atoms with Crippen LogP contribution in [0.4, 0.5) is 5.69 Å². The second-order valence-electron chi connectivity index (χ2n) is 3.24. The van der Waals surface area contributed by atoms with Gasteiger partial charge in [0, 0.05) is 18.8 Å². The summed E-state index contributed by atoms with van der Waals surface area (Å²) in [6.45, 7) is 0.306. The lowest BCUT2D eigenvalue weighted by atomic mass is 10.2. The van der Waals surface area contributed by atoms with E-state index in [1.54, 1.807) is 24.1 Å². The maximum absolute atomic E-state index is 10.9. The van der Waals surface area contributed by atoms with Gasteiger partial charge in [0.15, 0.2) is 5.58 Å². The lowest BCUT2D eigenvalue weighted by molar-refractivity contribution is -0.106. The van der Waals surface area contributed by atoms with E-state index in [2.05, 4.69) is 4.98 Å². The van der Waals surface area contributed by atoms with Crippen molar-refractivity contribution in [3.63, 3.8) is 0 Å². The number of carbonyl (C=O) groups excluding carboxylic acids is 1. The van der Waals surface area contributed by atoms with Gasteiger partial charge in [-0.2, -0.15) is 0 Å². The summed E-state index contributed by atoms with van der Waals surface area (Å²) in [6, 6.07) is 5.28. The summed E-state index contributed by atoms with van der Waals surface area (Å²) >= 11 is 0. The van der Waals surface area contributed by atoms with Crippen LogP contribution in [0.15, 0.2) is 27.4 Å². The molecule has 1 N–H and O–H groups in total. The quantitative estimate of drug-likeness (QED) is 0.753. The Morgan fingerprint density at radius 1 is 1.53 bits per heavy atom. The highest BCUT2D eigenvalue weighted by molar-refractivity contribution is 5.77. The van der Waals surface area contributed by atoms with Crippen molar-refractivity contribution in [3.05, 3.63) is 28.7 Å². The average Bonchev–Trinajstić information content (AvgIpc) is 2.57. The van der Waals surface area contributed by atoms with Crippen molar-refractivity contribution in [1.82, 2.24) is 4.98 Å². The molecule has 0 fully saturated rings. The van der Waals surface area contributed by atoms with Crippen molar-refractivity contribution in [3.8, 4) is 0 Å². The smallest absolute Gasteiger partial charge is 0.408 e. The number of hydrogen-bond donors (Lipinski definition) is 1. The Kier molecular flexibility index (Phi) is 2.29. The van der Waals surface area contributed by atoms with Crippen LogP contribution in [-0.2, 0) is 4.79 Å². The topological polar surface area (TPSA) is 66.3 Å². The highest BCUT2D eigenvalue weighted by Gasteiger charge is 2.04. The van der Waals surface area contributed by atoms with E-state index in [4.69, 9.17) is 4.42 Å². The van der Waals surface area contributed by atoms with Gasteiger partial charge in [0.2, 0.25) is 0 Å². The molecule has 0 aliphatic rings. The first kappa shape index (κ1) is 9.51. The summed E-state index contributed by atoms with van der Waals surface area (Å²) in [5, 5.41) is 0. The normalized spacial score (nSPS) is 10.5. The first-order chi connectivity index (χ1) is 7.20. The third-order valence-corrected chi connectivity index (χ3v) is 2.19. The van der Waals surface area contributed by atoms with Gasteiger partial charge in [0.05, 0.1) is 12.1 Å². The number of nitrogens with one attached hydrogen (secondary N) is 1. The van der Waals surface area contributed by atoms with E-state index in [0.717, 1.165) is 12.0 Å². The summed E-state index contributed by atoms with van der Waals surface area (Å²) in [5.41, 5.74) is 1.98. The van der Waals surface area contributed by atoms with Gasteiger partial charge in [-0.1, -0.05) is 0 Å². The molecule has 0 saturated heterocycles. The molecule has 15 heavy (non-hydrogen) atoms. The fraction of sp³-hybridized carbons (Fsp3) is 0.200. The second kappa shape index (κ2) is 3.61. The minimum Gasteiger partial charge on any atom is -0.408 e. The van der Waals surface area contributed by atoms with Crippen LogP contribution in [0.2, 0.25) is 0 Å². The Hall–Kier alpha value is -2.04. The van der Waals surface area contributed by atoms with Gasteiger partial charge in [-0.3, -0.25) is 4.98 Å². The van der Waals surface area contributed by atoms with E-state index in [-0.39, 0.29) is 0 Å². The number of benzene rings is 1. The van der Waals surface area contributed by atoms with Gasteiger partial charge in [-0.05, 0) is 12.1 Å². The molecule has 0 aliphatic heterocycles. The first-order valence-corrected chi connectivity index (χ1v) is 4.48. The summed E-state index contributed by atoms with van der Waals surface area (Å²) < 4.78 is 4.91.